The van der Waals surface area contributed by atoms with Crippen molar-refractivity contribution >= 4 is 5.69 Å². The lowest BCUT2D eigenvalue weighted by molar-refractivity contribution is 0.234. The van der Waals surface area contributed by atoms with E-state index in [1.807, 2.05) is 38.2 Å². The van der Waals surface area contributed by atoms with Gasteiger partial charge in [-0.3, -0.25) is 9.59 Å². The Bertz CT molecular complexity index is 768. The SMILES string of the molecule is Cc1ccc(-c2c(N(C)[C@@H]3CCC[C@H](C)[C@@H]3C)c(=O)c2=O)cc1. The van der Waals surface area contributed by atoms with E-state index in [0.29, 0.717) is 29.1 Å². The molecule has 122 valence electrons. The molecule has 0 unspecified atom stereocenters. The Labute approximate surface area is 137 Å². The molecule has 0 heterocycles. The molecule has 3 rings (SSSR count). The molecule has 0 aromatic heterocycles. The second-order valence-corrected chi connectivity index (χ2v) is 7.19. The van der Waals surface area contributed by atoms with Gasteiger partial charge in [0.1, 0.15) is 5.69 Å². The van der Waals surface area contributed by atoms with Crippen molar-refractivity contribution in [1.82, 2.24) is 0 Å². The summed E-state index contributed by atoms with van der Waals surface area (Å²) >= 11 is 0. The lowest BCUT2D eigenvalue weighted by atomic mass is 9.77. The third kappa shape index (κ3) is 2.62. The van der Waals surface area contributed by atoms with E-state index in [-0.39, 0.29) is 10.9 Å². The summed E-state index contributed by atoms with van der Waals surface area (Å²) in [7, 11) is 1.98. The van der Waals surface area contributed by atoms with Gasteiger partial charge in [0, 0.05) is 13.1 Å². The average molecular weight is 311 g/mol. The maximum Gasteiger partial charge on any atom is 0.250 e. The number of benzene rings is 1. The molecule has 2 aromatic carbocycles. The van der Waals surface area contributed by atoms with E-state index in [1.165, 1.54) is 12.8 Å². The third-order valence-corrected chi connectivity index (χ3v) is 5.74. The minimum atomic E-state index is -0.341. The quantitative estimate of drug-likeness (QED) is 0.814. The van der Waals surface area contributed by atoms with Crippen molar-refractivity contribution in [1.29, 1.82) is 0 Å². The second-order valence-electron chi connectivity index (χ2n) is 7.19. The van der Waals surface area contributed by atoms with Gasteiger partial charge in [0.2, 0.25) is 10.9 Å². The molecular formula is C20H25NO2. The van der Waals surface area contributed by atoms with Gasteiger partial charge in [0.25, 0.3) is 0 Å². The molecule has 3 nitrogen and oxygen atoms in total. The molecule has 1 aliphatic carbocycles. The zero-order valence-electron chi connectivity index (χ0n) is 14.4. The van der Waals surface area contributed by atoms with Gasteiger partial charge in [-0.15, -0.1) is 0 Å². The van der Waals surface area contributed by atoms with E-state index >= 15 is 0 Å². The van der Waals surface area contributed by atoms with Crippen LogP contribution in [0.15, 0.2) is 33.9 Å². The predicted octanol–water partition coefficient (Wildman–Crippen LogP) is 3.52. The topological polar surface area (TPSA) is 37.4 Å². The fourth-order valence-electron chi connectivity index (χ4n) is 3.97. The lowest BCUT2D eigenvalue weighted by Gasteiger charge is -2.41. The molecule has 0 N–H and O–H groups in total. The van der Waals surface area contributed by atoms with E-state index in [2.05, 4.69) is 18.7 Å². The van der Waals surface area contributed by atoms with Crippen LogP contribution in [0.2, 0.25) is 0 Å². The predicted molar refractivity (Wildman–Crippen MR) is 95.9 cm³/mol. The number of rotatable bonds is 3. The first-order valence-electron chi connectivity index (χ1n) is 8.55. The van der Waals surface area contributed by atoms with E-state index in [4.69, 9.17) is 0 Å². The van der Waals surface area contributed by atoms with Gasteiger partial charge >= 0.3 is 0 Å². The molecule has 23 heavy (non-hydrogen) atoms. The van der Waals surface area contributed by atoms with Crippen LogP contribution in [-0.2, 0) is 0 Å². The average Bonchev–Trinajstić information content (AvgIpc) is 2.55. The Morgan fingerprint density at radius 1 is 1.00 bits per heavy atom. The van der Waals surface area contributed by atoms with Crippen molar-refractivity contribution in [2.24, 2.45) is 11.8 Å². The first-order chi connectivity index (χ1) is 10.9. The number of aryl methyl sites for hydroxylation is 1. The zero-order valence-corrected chi connectivity index (χ0v) is 14.4. The van der Waals surface area contributed by atoms with Crippen molar-refractivity contribution in [3.63, 3.8) is 0 Å². The molecule has 0 amide bonds. The van der Waals surface area contributed by atoms with Crippen LogP contribution in [0.25, 0.3) is 11.1 Å². The van der Waals surface area contributed by atoms with Crippen LogP contribution in [0.1, 0.15) is 38.7 Å². The summed E-state index contributed by atoms with van der Waals surface area (Å²) in [6, 6.07) is 8.19. The molecule has 1 saturated carbocycles. The second kappa shape index (κ2) is 5.95. The molecule has 2 aromatic rings. The van der Waals surface area contributed by atoms with Crippen molar-refractivity contribution in [2.75, 3.05) is 11.9 Å². The normalized spacial score (nSPS) is 24.8. The largest absolute Gasteiger partial charge is 0.367 e. The van der Waals surface area contributed by atoms with Crippen molar-refractivity contribution < 1.29 is 0 Å². The van der Waals surface area contributed by atoms with Crippen LogP contribution in [0, 0.1) is 18.8 Å². The standard InChI is InChI=1S/C20H25NO2/c1-12-8-10-15(11-9-12)17-18(20(23)19(17)22)21(4)16-7-5-6-13(2)14(16)3/h8-11,13-14,16H,5-7H2,1-4H3/t13-,14-,16+/m0/s1. The van der Waals surface area contributed by atoms with Crippen LogP contribution in [-0.4, -0.2) is 13.1 Å². The summed E-state index contributed by atoms with van der Waals surface area (Å²) in [6.45, 7) is 6.57. The van der Waals surface area contributed by atoms with Crippen LogP contribution in [0.4, 0.5) is 5.69 Å². The molecule has 1 fully saturated rings. The fraction of sp³-hybridized carbons (Fsp3) is 0.500. The van der Waals surface area contributed by atoms with Crippen molar-refractivity contribution in [3.05, 3.63) is 50.3 Å². The molecule has 0 spiro atoms. The van der Waals surface area contributed by atoms with E-state index in [0.717, 1.165) is 17.5 Å². The zero-order chi connectivity index (χ0) is 16.7. The van der Waals surface area contributed by atoms with Crippen LogP contribution < -0.4 is 15.8 Å². The Balaban J connectivity index is 1.97. The monoisotopic (exact) mass is 311 g/mol. The van der Waals surface area contributed by atoms with Crippen LogP contribution in [0.3, 0.4) is 0 Å². The van der Waals surface area contributed by atoms with Gasteiger partial charge in [-0.05, 0) is 30.7 Å². The Kier molecular flexibility index (Phi) is 4.13. The van der Waals surface area contributed by atoms with Gasteiger partial charge < -0.3 is 4.90 Å². The molecule has 0 radical (unpaired) electrons. The van der Waals surface area contributed by atoms with Gasteiger partial charge in [-0.1, -0.05) is 56.5 Å². The highest BCUT2D eigenvalue weighted by atomic mass is 16.2. The maximum atomic E-state index is 12.2. The summed E-state index contributed by atoms with van der Waals surface area (Å²) in [6.07, 6.45) is 3.53. The summed E-state index contributed by atoms with van der Waals surface area (Å²) in [5.74, 6) is 1.19. The van der Waals surface area contributed by atoms with Gasteiger partial charge in [0.05, 0.1) is 5.56 Å². The molecule has 1 aliphatic rings. The summed E-state index contributed by atoms with van der Waals surface area (Å²) in [5.41, 5.74) is 2.56. The summed E-state index contributed by atoms with van der Waals surface area (Å²) in [5, 5.41) is 0. The maximum absolute atomic E-state index is 12.2. The van der Waals surface area contributed by atoms with E-state index < -0.39 is 0 Å². The molecule has 0 aliphatic heterocycles. The number of hydrogen-bond acceptors (Lipinski definition) is 3. The summed E-state index contributed by atoms with van der Waals surface area (Å²) < 4.78 is 0. The number of nitrogens with zero attached hydrogens (tertiary/aromatic N) is 1. The Hall–Kier alpha value is -1.90. The lowest BCUT2D eigenvalue weighted by Crippen LogP contribution is -2.48. The highest BCUT2D eigenvalue weighted by molar-refractivity contribution is 5.82. The Morgan fingerprint density at radius 2 is 1.65 bits per heavy atom. The first-order valence-corrected chi connectivity index (χ1v) is 8.55. The highest BCUT2D eigenvalue weighted by Gasteiger charge is 2.34. The molecule has 3 atom stereocenters. The van der Waals surface area contributed by atoms with Crippen LogP contribution >= 0.6 is 0 Å². The van der Waals surface area contributed by atoms with Crippen LogP contribution in [0.5, 0.6) is 0 Å². The van der Waals surface area contributed by atoms with Gasteiger partial charge in [-0.2, -0.15) is 0 Å². The minimum absolute atomic E-state index is 0.325. The number of anilines is 1. The minimum Gasteiger partial charge on any atom is -0.367 e. The smallest absolute Gasteiger partial charge is 0.250 e. The van der Waals surface area contributed by atoms with Gasteiger partial charge in [0.15, 0.2) is 0 Å². The summed E-state index contributed by atoms with van der Waals surface area (Å²) in [4.78, 5) is 26.5. The molecule has 0 saturated heterocycles. The molecule has 0 bridgehead atoms. The molecular weight excluding hydrogens is 286 g/mol. The third-order valence-electron chi connectivity index (χ3n) is 5.74. The van der Waals surface area contributed by atoms with Crippen molar-refractivity contribution in [2.45, 2.75) is 46.1 Å². The van der Waals surface area contributed by atoms with Crippen molar-refractivity contribution in [3.8, 4) is 11.1 Å². The fourth-order valence-corrected chi connectivity index (χ4v) is 3.97. The highest BCUT2D eigenvalue weighted by Crippen LogP contribution is 2.36. The Morgan fingerprint density at radius 3 is 2.30 bits per heavy atom. The van der Waals surface area contributed by atoms with E-state index in [9.17, 15) is 9.59 Å². The first kappa shape index (κ1) is 16.0. The molecule has 3 heteroatoms. The van der Waals surface area contributed by atoms with Gasteiger partial charge in [-0.25, -0.2) is 0 Å². The number of hydrogen-bond donors (Lipinski definition) is 0. The van der Waals surface area contributed by atoms with E-state index in [1.54, 1.807) is 0 Å².